The Morgan fingerprint density at radius 3 is 1.24 bits per heavy atom. The fourth-order valence-electron chi connectivity index (χ4n) is 10.9. The normalized spacial score (nSPS) is 16.1. The first-order valence-electron chi connectivity index (χ1n) is 32.1. The SMILES string of the molecule is CCC(C)[C@H](NC(=O)[C@H](CCN)NC(=O)C(N)CC1CCCCC1)C(=O)N[C@@H](CCN)C(=O)N[C@H](Cc1ccccc1)C(=O)N[C@@H](CC(C)C)C(=O)N[C@@H](CCN)C(=O)N[C@H](Cc1ccc(-c2ccccc2)cc1)C(=O)N[C@@H](CC(C)C)C(=O)N[C@@H](CO)C(N)=O. The minimum Gasteiger partial charge on any atom is -0.394 e. The third-order valence-corrected chi connectivity index (χ3v) is 16.3. The molecule has 1 saturated carbocycles. The van der Waals surface area contributed by atoms with Gasteiger partial charge in [0.15, 0.2) is 0 Å². The summed E-state index contributed by atoms with van der Waals surface area (Å²) in [7, 11) is 0. The Labute approximate surface area is 535 Å². The number of primary amides is 1. The second kappa shape index (κ2) is 39.4. The van der Waals surface area contributed by atoms with Gasteiger partial charge in [0.05, 0.1) is 12.6 Å². The van der Waals surface area contributed by atoms with Crippen molar-refractivity contribution in [3.63, 3.8) is 0 Å². The van der Waals surface area contributed by atoms with Gasteiger partial charge in [0, 0.05) is 12.8 Å². The minimum absolute atomic E-state index is 0.0401. The number of hydrogen-bond acceptors (Lipinski definition) is 15. The summed E-state index contributed by atoms with van der Waals surface area (Å²) < 4.78 is 0. The van der Waals surface area contributed by atoms with Gasteiger partial charge >= 0.3 is 0 Å². The number of carbonyl (C=O) groups excluding carboxylic acids is 10. The van der Waals surface area contributed by atoms with Crippen LogP contribution in [0.2, 0.25) is 0 Å². The average Bonchev–Trinajstić information content (AvgIpc) is 2.25. The van der Waals surface area contributed by atoms with Gasteiger partial charge in [0.1, 0.15) is 54.4 Å². The van der Waals surface area contributed by atoms with Crippen LogP contribution >= 0.6 is 0 Å². The standard InChI is InChI=1S/C66H102N14O11/c1-7-41(6)56(80-61(86)50(29-32-69)72-58(83)47(70)35-42-17-11-8-12-18-42)66(91)74-49(28-31-68)60(85)77-53(36-43-19-13-9-14-20-43)64(89)75-51(33-39(2)3)62(87)73-48(27-30-67)59(84)78-54(37-44-23-25-46(26-24-44)45-21-15-10-16-22-45)65(90)76-52(34-40(4)5)63(88)79-55(38-81)57(71)82/h9-10,13-16,19-26,39-42,47-56,81H,7-8,11-12,17-18,27-38,67-70H2,1-6H3,(H2,71,82)(H,72,83)(H,73,87)(H,74,91)(H,75,89)(H,76,90)(H,77,85)(H,78,84)(H,79,88)(H,80,86)/t41?,47?,48-,49-,50-,51-,52-,53+,54+,55-,56-/m0/s1. The molecule has 502 valence electrons. The van der Waals surface area contributed by atoms with Gasteiger partial charge in [-0.05, 0) is 104 Å². The Bertz CT molecular complexity index is 2810. The molecule has 0 heterocycles. The van der Waals surface area contributed by atoms with Crippen molar-refractivity contribution in [2.24, 2.45) is 52.3 Å². The number of hydrogen-bond donors (Lipinski definition) is 15. The lowest BCUT2D eigenvalue weighted by Gasteiger charge is -2.30. The van der Waals surface area contributed by atoms with E-state index >= 15 is 0 Å². The molecule has 0 spiro atoms. The Morgan fingerprint density at radius 1 is 0.451 bits per heavy atom. The van der Waals surface area contributed by atoms with Crippen molar-refractivity contribution in [3.8, 4) is 11.1 Å². The monoisotopic (exact) mass is 1270 g/mol. The molecule has 0 aromatic heterocycles. The summed E-state index contributed by atoms with van der Waals surface area (Å²) in [5.74, 6) is -8.21. The van der Waals surface area contributed by atoms with Crippen molar-refractivity contribution in [1.82, 2.24) is 47.9 Å². The number of rotatable bonds is 39. The molecular formula is C66H102N14O11. The second-order valence-corrected chi connectivity index (χ2v) is 24.7. The number of nitrogens with one attached hydrogen (secondary N) is 9. The topological polar surface area (TPSA) is 429 Å². The molecule has 2 unspecified atom stereocenters. The highest BCUT2D eigenvalue weighted by molar-refractivity contribution is 5.99. The zero-order chi connectivity index (χ0) is 67.2. The van der Waals surface area contributed by atoms with Crippen LogP contribution in [0.25, 0.3) is 11.1 Å². The molecule has 20 N–H and O–H groups in total. The van der Waals surface area contributed by atoms with Crippen molar-refractivity contribution in [2.45, 2.75) is 192 Å². The van der Waals surface area contributed by atoms with Crippen LogP contribution in [-0.2, 0) is 60.8 Å². The van der Waals surface area contributed by atoms with Crippen LogP contribution in [0.15, 0.2) is 84.9 Å². The molecule has 25 nitrogen and oxygen atoms in total. The lowest BCUT2D eigenvalue weighted by atomic mass is 9.85. The van der Waals surface area contributed by atoms with Crippen LogP contribution in [0.3, 0.4) is 0 Å². The van der Waals surface area contributed by atoms with Gasteiger partial charge in [0.2, 0.25) is 59.1 Å². The van der Waals surface area contributed by atoms with Crippen molar-refractivity contribution in [3.05, 3.63) is 96.1 Å². The molecule has 1 aliphatic carbocycles. The van der Waals surface area contributed by atoms with Gasteiger partial charge < -0.3 is 81.6 Å². The minimum atomic E-state index is -1.44. The molecule has 0 aliphatic heterocycles. The van der Waals surface area contributed by atoms with E-state index in [-0.39, 0.29) is 76.4 Å². The van der Waals surface area contributed by atoms with Gasteiger partial charge in [0.25, 0.3) is 0 Å². The molecule has 11 atom stereocenters. The number of nitrogens with two attached hydrogens (primary N) is 5. The molecule has 91 heavy (non-hydrogen) atoms. The molecule has 0 radical (unpaired) electrons. The van der Waals surface area contributed by atoms with Gasteiger partial charge in [-0.25, -0.2) is 0 Å². The fourth-order valence-corrected chi connectivity index (χ4v) is 10.9. The quantitative estimate of drug-likeness (QED) is 0.0369. The van der Waals surface area contributed by atoms with Crippen LogP contribution in [0.4, 0.5) is 0 Å². The highest BCUT2D eigenvalue weighted by atomic mass is 16.3. The van der Waals surface area contributed by atoms with E-state index in [4.69, 9.17) is 28.7 Å². The van der Waals surface area contributed by atoms with E-state index in [1.807, 2.05) is 77.1 Å². The predicted molar refractivity (Wildman–Crippen MR) is 348 cm³/mol. The molecule has 25 heteroatoms. The maximum absolute atomic E-state index is 14.7. The fraction of sp³-hybridized carbons (Fsp3) is 0.576. The Hall–Kier alpha value is -7.84. The van der Waals surface area contributed by atoms with Crippen molar-refractivity contribution < 1.29 is 53.1 Å². The maximum atomic E-state index is 14.7. The molecule has 4 rings (SSSR count). The second-order valence-electron chi connectivity index (χ2n) is 24.7. The molecule has 1 aliphatic rings. The number of aliphatic hydroxyl groups is 1. The number of aliphatic hydroxyl groups excluding tert-OH is 1. The average molecular weight is 1270 g/mol. The van der Waals surface area contributed by atoms with Crippen LogP contribution < -0.4 is 76.5 Å². The molecule has 1 fully saturated rings. The van der Waals surface area contributed by atoms with Crippen LogP contribution in [0.1, 0.15) is 130 Å². The lowest BCUT2D eigenvalue weighted by Crippen LogP contribution is -2.62. The molecule has 3 aromatic rings. The highest BCUT2D eigenvalue weighted by Crippen LogP contribution is 2.27. The number of benzene rings is 3. The largest absolute Gasteiger partial charge is 0.394 e. The van der Waals surface area contributed by atoms with E-state index in [0.29, 0.717) is 29.9 Å². The van der Waals surface area contributed by atoms with E-state index in [2.05, 4.69) is 47.9 Å². The molecule has 0 saturated heterocycles. The van der Waals surface area contributed by atoms with Crippen LogP contribution in [-0.4, -0.2) is 151 Å². The Morgan fingerprint density at radius 2 is 0.813 bits per heavy atom. The van der Waals surface area contributed by atoms with Crippen molar-refractivity contribution >= 4 is 59.1 Å². The summed E-state index contributed by atoms with van der Waals surface area (Å²) in [6.07, 6.45) is 5.95. The van der Waals surface area contributed by atoms with Crippen molar-refractivity contribution in [2.75, 3.05) is 26.2 Å². The Balaban J connectivity index is 1.59. The van der Waals surface area contributed by atoms with E-state index in [0.717, 1.165) is 43.2 Å². The third-order valence-electron chi connectivity index (χ3n) is 16.3. The number of amides is 10. The predicted octanol–water partition coefficient (Wildman–Crippen LogP) is 0.462. The highest BCUT2D eigenvalue weighted by Gasteiger charge is 2.37. The number of carbonyl (C=O) groups is 10. The summed E-state index contributed by atoms with van der Waals surface area (Å²) in [5.41, 5.74) is 32.8. The smallest absolute Gasteiger partial charge is 0.243 e. The first-order chi connectivity index (χ1) is 43.4. The summed E-state index contributed by atoms with van der Waals surface area (Å²) in [5, 5.41) is 34.2. The summed E-state index contributed by atoms with van der Waals surface area (Å²) in [4.78, 5) is 140. The van der Waals surface area contributed by atoms with Crippen molar-refractivity contribution in [1.29, 1.82) is 0 Å². The van der Waals surface area contributed by atoms with Crippen LogP contribution in [0.5, 0.6) is 0 Å². The van der Waals surface area contributed by atoms with E-state index in [1.54, 1.807) is 49.4 Å². The summed E-state index contributed by atoms with van der Waals surface area (Å²) >= 11 is 0. The summed E-state index contributed by atoms with van der Waals surface area (Å²) in [6.45, 7) is 9.88. The van der Waals surface area contributed by atoms with Gasteiger partial charge in [-0.1, -0.05) is 165 Å². The zero-order valence-electron chi connectivity index (χ0n) is 53.8. The van der Waals surface area contributed by atoms with Gasteiger partial charge in [-0.3, -0.25) is 47.9 Å². The first-order valence-corrected chi connectivity index (χ1v) is 32.1. The van der Waals surface area contributed by atoms with Gasteiger partial charge in [-0.2, -0.15) is 0 Å². The zero-order valence-corrected chi connectivity index (χ0v) is 53.8. The van der Waals surface area contributed by atoms with E-state index in [1.165, 1.54) is 0 Å². The van der Waals surface area contributed by atoms with E-state index in [9.17, 15) is 53.1 Å². The third kappa shape index (κ3) is 25.8. The molecular weight excluding hydrogens is 1160 g/mol. The summed E-state index contributed by atoms with van der Waals surface area (Å²) in [6, 6.07) is 13.0. The first kappa shape index (κ1) is 75.6. The molecule has 0 bridgehead atoms. The Kier molecular flexibility index (Phi) is 32.8. The maximum Gasteiger partial charge on any atom is 0.243 e. The molecule has 10 amide bonds. The van der Waals surface area contributed by atoms with E-state index < -0.39 is 132 Å². The van der Waals surface area contributed by atoms with Gasteiger partial charge in [-0.15, -0.1) is 0 Å². The van der Waals surface area contributed by atoms with Crippen LogP contribution in [0, 0.1) is 23.7 Å². The lowest BCUT2D eigenvalue weighted by molar-refractivity contribution is -0.136. The molecule has 3 aromatic carbocycles.